The summed E-state index contributed by atoms with van der Waals surface area (Å²) in [5.74, 6) is 0. The fourth-order valence-corrected chi connectivity index (χ4v) is 4.16. The number of nitrogens with one attached hydrogen (secondary N) is 1. The van der Waals surface area contributed by atoms with Gasteiger partial charge in [0.25, 0.3) is 5.56 Å². The van der Waals surface area contributed by atoms with Crippen LogP contribution in [0.15, 0.2) is 14.7 Å². The smallest absolute Gasteiger partial charge is 0.428 e. The molecule has 0 aliphatic carbocycles. The Hall–Kier alpha value is -2.46. The Morgan fingerprint density at radius 3 is 2.35 bits per heavy atom. The molecule has 2 rings (SSSR count). The molecule has 1 N–H and O–H groups in total. The number of hydrogen-bond donors (Lipinski definition) is 1. The SMILES string of the molecule is COCCn1c(=O)n(CC(C)(C)C)c(=O)c2c(C)c(/C=N/NC(=O)OC(C)(C)C)sc21. The first-order chi connectivity index (χ1) is 14.2. The van der Waals surface area contributed by atoms with Crippen molar-refractivity contribution in [1.29, 1.82) is 0 Å². The van der Waals surface area contributed by atoms with Crippen LogP contribution in [-0.4, -0.2) is 40.8 Å². The maximum Gasteiger partial charge on any atom is 0.428 e. The Labute approximate surface area is 185 Å². The number of fused-ring (bicyclic) bond motifs is 1. The van der Waals surface area contributed by atoms with Gasteiger partial charge in [0.15, 0.2) is 0 Å². The number of aromatic nitrogens is 2. The number of carbonyl (C=O) groups excluding carboxylic acids is 1. The van der Waals surface area contributed by atoms with Gasteiger partial charge in [0.05, 0.1) is 29.6 Å². The molecule has 0 aliphatic heterocycles. The summed E-state index contributed by atoms with van der Waals surface area (Å²) in [5.41, 5.74) is 1.45. The van der Waals surface area contributed by atoms with E-state index in [0.717, 1.165) is 0 Å². The molecule has 9 nitrogen and oxygen atoms in total. The average Bonchev–Trinajstić information content (AvgIpc) is 2.93. The van der Waals surface area contributed by atoms with Crippen LogP contribution in [0.3, 0.4) is 0 Å². The minimum absolute atomic E-state index is 0.249. The Balaban J connectivity index is 2.55. The van der Waals surface area contributed by atoms with Crippen molar-refractivity contribution in [3.8, 4) is 0 Å². The standard InChI is InChI=1S/C21H32N4O5S/c1-13-14(11-22-23-18(27)30-21(5,6)7)31-17-15(13)16(26)25(12-20(2,3)4)19(28)24(17)9-10-29-8/h11H,9-10,12H2,1-8H3,(H,23,27)/b22-11+. The van der Waals surface area contributed by atoms with Gasteiger partial charge in [0.2, 0.25) is 0 Å². The number of aryl methyl sites for hydroxylation is 1. The molecule has 0 fully saturated rings. The summed E-state index contributed by atoms with van der Waals surface area (Å²) in [6, 6.07) is 0. The van der Waals surface area contributed by atoms with E-state index in [9.17, 15) is 14.4 Å². The molecule has 0 atom stereocenters. The highest BCUT2D eigenvalue weighted by atomic mass is 32.1. The number of amides is 1. The summed E-state index contributed by atoms with van der Waals surface area (Å²) >= 11 is 1.27. The number of thiophene rings is 1. The molecule has 0 spiro atoms. The van der Waals surface area contributed by atoms with Gasteiger partial charge < -0.3 is 9.47 Å². The summed E-state index contributed by atoms with van der Waals surface area (Å²) in [5, 5.41) is 4.42. The number of ether oxygens (including phenoxy) is 2. The number of rotatable bonds is 6. The Kier molecular flexibility index (Phi) is 7.48. The molecule has 0 aliphatic rings. The van der Waals surface area contributed by atoms with E-state index >= 15 is 0 Å². The average molecular weight is 453 g/mol. The van der Waals surface area contributed by atoms with Crippen LogP contribution in [0.25, 0.3) is 10.2 Å². The van der Waals surface area contributed by atoms with Crippen molar-refractivity contribution in [2.75, 3.05) is 13.7 Å². The van der Waals surface area contributed by atoms with Gasteiger partial charge in [-0.1, -0.05) is 20.8 Å². The predicted octanol–water partition coefficient (Wildman–Crippen LogP) is 3.08. The number of hydrazone groups is 1. The maximum atomic E-state index is 13.2. The highest BCUT2D eigenvalue weighted by Crippen LogP contribution is 2.27. The van der Waals surface area contributed by atoms with Gasteiger partial charge in [-0.25, -0.2) is 15.0 Å². The van der Waals surface area contributed by atoms with E-state index in [2.05, 4.69) is 10.5 Å². The zero-order valence-electron chi connectivity index (χ0n) is 19.5. The van der Waals surface area contributed by atoms with Crippen LogP contribution in [0.1, 0.15) is 52.0 Å². The third-order valence-electron chi connectivity index (χ3n) is 4.22. The zero-order chi connectivity index (χ0) is 23.6. The molecule has 172 valence electrons. The minimum Gasteiger partial charge on any atom is -0.443 e. The predicted molar refractivity (Wildman–Crippen MR) is 123 cm³/mol. The number of hydrogen-bond acceptors (Lipinski definition) is 7. The fourth-order valence-electron chi connectivity index (χ4n) is 2.97. The van der Waals surface area contributed by atoms with E-state index in [0.29, 0.717) is 40.4 Å². The van der Waals surface area contributed by atoms with Crippen LogP contribution in [0.5, 0.6) is 0 Å². The van der Waals surface area contributed by atoms with Gasteiger partial charge in [-0.2, -0.15) is 5.10 Å². The summed E-state index contributed by atoms with van der Waals surface area (Å²) in [6.07, 6.45) is 0.787. The number of carbonyl (C=O) groups is 1. The van der Waals surface area contributed by atoms with E-state index in [4.69, 9.17) is 9.47 Å². The molecule has 0 unspecified atom stereocenters. The van der Waals surface area contributed by atoms with Crippen molar-refractivity contribution in [2.45, 2.75) is 67.2 Å². The molecule has 0 saturated heterocycles. The van der Waals surface area contributed by atoms with Crippen LogP contribution in [0, 0.1) is 12.3 Å². The van der Waals surface area contributed by atoms with Crippen molar-refractivity contribution in [3.05, 3.63) is 31.3 Å². The van der Waals surface area contributed by atoms with E-state index in [1.807, 2.05) is 27.7 Å². The lowest BCUT2D eigenvalue weighted by Gasteiger charge is -2.20. The molecule has 1 amide bonds. The summed E-state index contributed by atoms with van der Waals surface area (Å²) in [6.45, 7) is 14.0. The molecule has 31 heavy (non-hydrogen) atoms. The van der Waals surface area contributed by atoms with Gasteiger partial charge in [-0.05, 0) is 38.7 Å². The van der Waals surface area contributed by atoms with Crippen molar-refractivity contribution in [2.24, 2.45) is 10.5 Å². The highest BCUT2D eigenvalue weighted by Gasteiger charge is 2.22. The molecule has 10 heteroatoms. The Morgan fingerprint density at radius 1 is 1.16 bits per heavy atom. The maximum absolute atomic E-state index is 13.2. The first-order valence-electron chi connectivity index (χ1n) is 10.0. The van der Waals surface area contributed by atoms with Crippen LogP contribution < -0.4 is 16.7 Å². The van der Waals surface area contributed by atoms with E-state index in [-0.39, 0.29) is 16.7 Å². The lowest BCUT2D eigenvalue weighted by atomic mass is 9.97. The second-order valence-corrected chi connectivity index (χ2v) is 10.6. The number of methoxy groups -OCH3 is 1. The minimum atomic E-state index is -0.674. The zero-order valence-corrected chi connectivity index (χ0v) is 20.3. The first-order valence-corrected chi connectivity index (χ1v) is 10.8. The molecule has 2 aromatic rings. The van der Waals surface area contributed by atoms with Crippen molar-refractivity contribution in [1.82, 2.24) is 14.6 Å². The second-order valence-electron chi connectivity index (χ2n) is 9.52. The lowest BCUT2D eigenvalue weighted by molar-refractivity contribution is 0.0529. The van der Waals surface area contributed by atoms with E-state index in [1.54, 1.807) is 32.4 Å². The van der Waals surface area contributed by atoms with Crippen molar-refractivity contribution in [3.63, 3.8) is 0 Å². The van der Waals surface area contributed by atoms with Crippen LogP contribution in [-0.2, 0) is 22.6 Å². The molecular weight excluding hydrogens is 420 g/mol. The largest absolute Gasteiger partial charge is 0.443 e. The molecule has 2 aromatic heterocycles. The molecule has 0 bridgehead atoms. The molecule has 0 saturated carbocycles. The van der Waals surface area contributed by atoms with Crippen LogP contribution in [0.4, 0.5) is 4.79 Å². The Bertz CT molecular complexity index is 1100. The topological polar surface area (TPSA) is 104 Å². The monoisotopic (exact) mass is 452 g/mol. The summed E-state index contributed by atoms with van der Waals surface area (Å²) in [7, 11) is 1.56. The van der Waals surface area contributed by atoms with Crippen molar-refractivity contribution < 1.29 is 14.3 Å². The molecular formula is C21H32N4O5S. The van der Waals surface area contributed by atoms with Gasteiger partial charge >= 0.3 is 11.8 Å². The normalized spacial score (nSPS) is 12.6. The number of nitrogens with zero attached hydrogens (tertiary/aromatic N) is 3. The highest BCUT2D eigenvalue weighted by molar-refractivity contribution is 7.20. The summed E-state index contributed by atoms with van der Waals surface area (Å²) < 4.78 is 13.2. The third-order valence-corrected chi connectivity index (χ3v) is 5.47. The van der Waals surface area contributed by atoms with Crippen LogP contribution >= 0.6 is 11.3 Å². The second kappa shape index (κ2) is 9.35. The third kappa shape index (κ3) is 6.27. The summed E-state index contributed by atoms with van der Waals surface area (Å²) in [4.78, 5) is 39.4. The molecule has 0 aromatic carbocycles. The van der Waals surface area contributed by atoms with Gasteiger partial charge in [-0.15, -0.1) is 11.3 Å². The first kappa shape index (κ1) is 24.8. The van der Waals surface area contributed by atoms with Crippen molar-refractivity contribution >= 4 is 33.9 Å². The molecule has 2 heterocycles. The molecule has 0 radical (unpaired) electrons. The lowest BCUT2D eigenvalue weighted by Crippen LogP contribution is -2.42. The van der Waals surface area contributed by atoms with E-state index in [1.165, 1.54) is 22.1 Å². The van der Waals surface area contributed by atoms with Gasteiger partial charge in [-0.3, -0.25) is 13.9 Å². The van der Waals surface area contributed by atoms with Crippen LogP contribution in [0.2, 0.25) is 0 Å². The quantitative estimate of drug-likeness (QED) is 0.536. The van der Waals surface area contributed by atoms with Gasteiger partial charge in [0, 0.05) is 13.7 Å². The fraction of sp³-hybridized carbons (Fsp3) is 0.619. The van der Waals surface area contributed by atoms with Gasteiger partial charge in [0.1, 0.15) is 10.4 Å². The Morgan fingerprint density at radius 2 is 1.81 bits per heavy atom. The van der Waals surface area contributed by atoms with E-state index < -0.39 is 11.7 Å².